The first-order valence-electron chi connectivity index (χ1n) is 8.91. The number of fused-ring (bicyclic) bond motifs is 2. The fraction of sp³-hybridized carbons (Fsp3) is 0.316. The molecule has 0 unspecified atom stereocenters. The molecule has 2 N–H and O–H groups in total. The molecule has 2 aromatic heterocycles. The molecule has 0 saturated heterocycles. The lowest BCUT2D eigenvalue weighted by molar-refractivity contribution is 0.102. The van der Waals surface area contributed by atoms with Gasteiger partial charge in [0, 0.05) is 37.4 Å². The second kappa shape index (κ2) is 7.73. The lowest BCUT2D eigenvalue weighted by Gasteiger charge is -2.22. The van der Waals surface area contributed by atoms with Gasteiger partial charge in [0.1, 0.15) is 11.4 Å². The number of carbonyl (C=O) groups is 1. The van der Waals surface area contributed by atoms with Crippen molar-refractivity contribution >= 4 is 29.6 Å². The second-order valence-electron chi connectivity index (χ2n) is 6.61. The van der Waals surface area contributed by atoms with E-state index < -0.39 is 11.7 Å². The smallest absolute Gasteiger partial charge is 0.279 e. The van der Waals surface area contributed by atoms with Crippen molar-refractivity contribution < 1.29 is 9.18 Å². The zero-order chi connectivity index (χ0) is 19.1. The van der Waals surface area contributed by atoms with Gasteiger partial charge in [-0.1, -0.05) is 6.07 Å². The number of anilines is 1. The van der Waals surface area contributed by atoms with Crippen LogP contribution in [0.15, 0.2) is 29.2 Å². The molecule has 4 rings (SSSR count). The van der Waals surface area contributed by atoms with E-state index in [4.69, 9.17) is 0 Å². The van der Waals surface area contributed by atoms with E-state index in [1.54, 1.807) is 13.0 Å². The Hall–Kier alpha value is -2.71. The van der Waals surface area contributed by atoms with Gasteiger partial charge in [0.2, 0.25) is 0 Å². The fourth-order valence-corrected chi connectivity index (χ4v) is 3.60. The van der Waals surface area contributed by atoms with E-state index >= 15 is 0 Å². The van der Waals surface area contributed by atoms with Crippen LogP contribution in [0.25, 0.3) is 5.65 Å². The molecule has 0 atom stereocenters. The highest BCUT2D eigenvalue weighted by atomic mass is 35.5. The van der Waals surface area contributed by atoms with E-state index in [9.17, 15) is 14.0 Å². The number of hydrogen-bond acceptors (Lipinski definition) is 4. The Morgan fingerprint density at radius 1 is 1.39 bits per heavy atom. The summed E-state index contributed by atoms with van der Waals surface area (Å²) in [5, 5.41) is 10.1. The van der Waals surface area contributed by atoms with Gasteiger partial charge in [-0.2, -0.15) is 9.61 Å². The molecule has 0 spiro atoms. The molecule has 1 aliphatic rings. The first-order chi connectivity index (χ1) is 13.0. The number of hydrogen-bond donors (Lipinski definition) is 2. The molecule has 0 radical (unpaired) electrons. The van der Waals surface area contributed by atoms with Crippen LogP contribution in [0.2, 0.25) is 0 Å². The fourth-order valence-electron chi connectivity index (χ4n) is 3.60. The highest BCUT2D eigenvalue weighted by molar-refractivity contribution is 6.08. The number of nitrogens with one attached hydrogen (secondary N) is 2. The standard InChI is InChI=1S/C19H20FN5O2.ClH/c1-3-24-16-6-7-21-9-13(16)19(27)25-18(24)14(10-22-25)17(26)23-15-8-12(20)5-4-11(15)2;/h4-5,8,10,21H,3,6-7,9H2,1-2H3,(H,23,26);1H. The van der Waals surface area contributed by atoms with Gasteiger partial charge < -0.3 is 15.2 Å². The number of rotatable bonds is 3. The Labute approximate surface area is 167 Å². The topological polar surface area (TPSA) is 80.4 Å². The summed E-state index contributed by atoms with van der Waals surface area (Å²) in [4.78, 5) is 25.7. The zero-order valence-electron chi connectivity index (χ0n) is 15.6. The van der Waals surface area contributed by atoms with Crippen LogP contribution in [-0.4, -0.2) is 26.6 Å². The lowest BCUT2D eigenvalue weighted by atomic mass is 10.1. The summed E-state index contributed by atoms with van der Waals surface area (Å²) in [5.74, 6) is -0.850. The third kappa shape index (κ3) is 3.18. The molecule has 9 heteroatoms. The Morgan fingerprint density at radius 2 is 2.18 bits per heavy atom. The maximum Gasteiger partial charge on any atom is 0.279 e. The minimum absolute atomic E-state index is 0. The molecule has 3 heterocycles. The first-order valence-corrected chi connectivity index (χ1v) is 8.91. The number of nitrogens with zero attached hydrogens (tertiary/aromatic N) is 3. The summed E-state index contributed by atoms with van der Waals surface area (Å²) in [7, 11) is 0. The monoisotopic (exact) mass is 405 g/mol. The minimum Gasteiger partial charge on any atom is -0.329 e. The van der Waals surface area contributed by atoms with E-state index in [1.807, 2.05) is 11.5 Å². The Kier molecular flexibility index (Phi) is 5.53. The van der Waals surface area contributed by atoms with Gasteiger partial charge in [0.15, 0.2) is 5.65 Å². The predicted molar refractivity (Wildman–Crippen MR) is 107 cm³/mol. The molecule has 7 nitrogen and oxygen atoms in total. The number of aryl methyl sites for hydroxylation is 2. The maximum absolute atomic E-state index is 13.5. The van der Waals surface area contributed by atoms with Crippen LogP contribution in [0.4, 0.5) is 10.1 Å². The molecule has 0 aliphatic carbocycles. The Morgan fingerprint density at radius 3 is 2.93 bits per heavy atom. The summed E-state index contributed by atoms with van der Waals surface area (Å²) < 4.78 is 16.8. The highest BCUT2D eigenvalue weighted by Gasteiger charge is 2.24. The minimum atomic E-state index is -0.428. The van der Waals surface area contributed by atoms with Crippen molar-refractivity contribution in [3.8, 4) is 0 Å². The van der Waals surface area contributed by atoms with Crippen molar-refractivity contribution in [3.63, 3.8) is 0 Å². The van der Waals surface area contributed by atoms with E-state index in [1.165, 1.54) is 22.8 Å². The number of benzene rings is 1. The number of aromatic nitrogens is 3. The third-order valence-corrected chi connectivity index (χ3v) is 4.97. The summed E-state index contributed by atoms with van der Waals surface area (Å²) in [6.45, 7) is 5.64. The normalized spacial score (nSPS) is 13.1. The summed E-state index contributed by atoms with van der Waals surface area (Å²) in [5.41, 5.74) is 3.31. The van der Waals surface area contributed by atoms with Crippen LogP contribution in [-0.2, 0) is 19.5 Å². The quantitative estimate of drug-likeness (QED) is 0.700. The number of halogens is 2. The second-order valence-corrected chi connectivity index (χ2v) is 6.61. The van der Waals surface area contributed by atoms with E-state index in [0.717, 1.165) is 17.8 Å². The van der Waals surface area contributed by atoms with Crippen LogP contribution >= 0.6 is 12.4 Å². The van der Waals surface area contributed by atoms with Gasteiger partial charge in [-0.15, -0.1) is 12.4 Å². The summed E-state index contributed by atoms with van der Waals surface area (Å²) in [6, 6.07) is 4.22. The molecular formula is C19H21ClFN5O2. The van der Waals surface area contributed by atoms with Crippen molar-refractivity contribution in [1.29, 1.82) is 0 Å². The lowest BCUT2D eigenvalue weighted by Crippen LogP contribution is -2.36. The summed E-state index contributed by atoms with van der Waals surface area (Å²) >= 11 is 0. The molecule has 148 valence electrons. The van der Waals surface area contributed by atoms with Crippen molar-refractivity contribution in [2.24, 2.45) is 0 Å². The van der Waals surface area contributed by atoms with Crippen LogP contribution in [0.1, 0.15) is 34.1 Å². The number of amides is 1. The van der Waals surface area contributed by atoms with Gasteiger partial charge in [-0.3, -0.25) is 9.59 Å². The highest BCUT2D eigenvalue weighted by Crippen LogP contribution is 2.21. The van der Waals surface area contributed by atoms with Crippen molar-refractivity contribution in [2.45, 2.75) is 33.4 Å². The predicted octanol–water partition coefficient (Wildman–Crippen LogP) is 2.28. The molecule has 0 fully saturated rings. The van der Waals surface area contributed by atoms with Gasteiger partial charge in [0.25, 0.3) is 11.5 Å². The van der Waals surface area contributed by atoms with Crippen molar-refractivity contribution in [2.75, 3.05) is 11.9 Å². The SMILES string of the molecule is CCn1c2c(c(=O)n3ncc(C(=O)Nc4cc(F)ccc4C)c13)CNCC2.Cl. The molecule has 1 aromatic carbocycles. The summed E-state index contributed by atoms with van der Waals surface area (Å²) in [6.07, 6.45) is 2.11. The average molecular weight is 406 g/mol. The molecule has 0 bridgehead atoms. The van der Waals surface area contributed by atoms with Crippen LogP contribution in [0.5, 0.6) is 0 Å². The van der Waals surface area contributed by atoms with E-state index in [2.05, 4.69) is 15.7 Å². The van der Waals surface area contributed by atoms with Gasteiger partial charge in [-0.25, -0.2) is 4.39 Å². The molecular weight excluding hydrogens is 385 g/mol. The zero-order valence-corrected chi connectivity index (χ0v) is 16.4. The average Bonchev–Trinajstić information content (AvgIpc) is 3.11. The Bertz CT molecular complexity index is 1120. The van der Waals surface area contributed by atoms with E-state index in [-0.39, 0.29) is 18.0 Å². The van der Waals surface area contributed by atoms with Crippen molar-refractivity contribution in [3.05, 3.63) is 63.0 Å². The maximum atomic E-state index is 13.5. The Balaban J connectivity index is 0.00000225. The number of carbonyl (C=O) groups excluding carboxylic acids is 1. The van der Waals surface area contributed by atoms with Crippen LogP contribution in [0.3, 0.4) is 0 Å². The molecule has 1 aliphatic heterocycles. The van der Waals surface area contributed by atoms with Crippen LogP contribution < -0.4 is 16.2 Å². The molecule has 0 saturated carbocycles. The van der Waals surface area contributed by atoms with Crippen LogP contribution in [0, 0.1) is 12.7 Å². The van der Waals surface area contributed by atoms with Crippen molar-refractivity contribution in [1.82, 2.24) is 19.5 Å². The first kappa shape index (κ1) is 20.0. The molecule has 3 aromatic rings. The molecule has 1 amide bonds. The van der Waals surface area contributed by atoms with E-state index in [0.29, 0.717) is 42.0 Å². The molecule has 28 heavy (non-hydrogen) atoms. The van der Waals surface area contributed by atoms with Gasteiger partial charge in [-0.05, 0) is 31.5 Å². The van der Waals surface area contributed by atoms with Gasteiger partial charge in [0.05, 0.1) is 11.8 Å². The van der Waals surface area contributed by atoms with Gasteiger partial charge >= 0.3 is 0 Å². The third-order valence-electron chi connectivity index (χ3n) is 4.97. The largest absolute Gasteiger partial charge is 0.329 e.